The maximum absolute atomic E-state index is 12.8. The summed E-state index contributed by atoms with van der Waals surface area (Å²) in [6, 6.07) is 16.0. The number of hydrogen-bond acceptors (Lipinski definition) is 3. The fourth-order valence-electron chi connectivity index (χ4n) is 2.77. The molecule has 0 unspecified atom stereocenters. The maximum Gasteiger partial charge on any atom is 0.257 e. The highest BCUT2D eigenvalue weighted by atomic mass is 127. The maximum atomic E-state index is 12.8. The van der Waals surface area contributed by atoms with Crippen LogP contribution >= 0.6 is 34.2 Å². The summed E-state index contributed by atoms with van der Waals surface area (Å²) in [5, 5.41) is 5.95. The number of rotatable bonds is 4. The molecule has 154 valence electrons. The van der Waals surface area contributed by atoms with Gasteiger partial charge in [-0.15, -0.1) is 0 Å². The first kappa shape index (κ1) is 22.2. The van der Waals surface area contributed by atoms with Crippen molar-refractivity contribution in [3.63, 3.8) is 0 Å². The summed E-state index contributed by atoms with van der Waals surface area (Å²) in [5.74, 6) is -0.593. The predicted molar refractivity (Wildman–Crippen MR) is 129 cm³/mol. The summed E-state index contributed by atoms with van der Waals surface area (Å²) in [6.07, 6.45) is 1.73. The Morgan fingerprint density at radius 2 is 1.77 bits per heavy atom. The highest BCUT2D eigenvalue weighted by molar-refractivity contribution is 14.1. The Balaban J connectivity index is 1.80. The molecular weight excluding hydrogens is 513 g/mol. The summed E-state index contributed by atoms with van der Waals surface area (Å²) in [5.41, 5.74) is 2.71. The molecule has 2 aromatic carbocycles. The molecule has 0 fully saturated rings. The molecule has 0 aliphatic rings. The molecule has 30 heavy (non-hydrogen) atoms. The van der Waals surface area contributed by atoms with Crippen LogP contribution in [-0.4, -0.2) is 22.3 Å². The lowest BCUT2D eigenvalue weighted by Crippen LogP contribution is -2.40. The molecule has 3 aromatic rings. The third-order valence-electron chi connectivity index (χ3n) is 4.13. The number of pyridine rings is 1. The Morgan fingerprint density at radius 1 is 1.00 bits per heavy atom. The lowest BCUT2D eigenvalue weighted by molar-refractivity contribution is 0.0918. The highest BCUT2D eigenvalue weighted by Gasteiger charge is 2.18. The SMILES string of the molecule is CC(C)(C)NC(=O)c1ccc(C(=O)Nc2ccc(I)c(-c3ccccn3)c2)c(Cl)c1. The van der Waals surface area contributed by atoms with Gasteiger partial charge in [0.1, 0.15) is 0 Å². The molecule has 0 radical (unpaired) electrons. The van der Waals surface area contributed by atoms with Gasteiger partial charge in [0.05, 0.1) is 16.3 Å². The molecule has 5 nitrogen and oxygen atoms in total. The van der Waals surface area contributed by atoms with Crippen molar-refractivity contribution < 1.29 is 9.59 Å². The molecule has 0 bridgehead atoms. The Hall–Kier alpha value is -2.45. The average molecular weight is 534 g/mol. The van der Waals surface area contributed by atoms with Crippen molar-refractivity contribution in [2.24, 2.45) is 0 Å². The quantitative estimate of drug-likeness (QED) is 0.417. The zero-order chi connectivity index (χ0) is 21.9. The van der Waals surface area contributed by atoms with E-state index in [1.807, 2.05) is 57.2 Å². The minimum atomic E-state index is -0.365. The fourth-order valence-corrected chi connectivity index (χ4v) is 3.65. The van der Waals surface area contributed by atoms with Crippen LogP contribution in [-0.2, 0) is 0 Å². The summed E-state index contributed by atoms with van der Waals surface area (Å²) >= 11 is 8.54. The molecule has 3 rings (SSSR count). The van der Waals surface area contributed by atoms with E-state index >= 15 is 0 Å². The standard InChI is InChI=1S/C23H21ClIN3O2/c1-23(2,3)28-21(29)14-7-9-16(18(24)12-14)22(30)27-15-8-10-19(25)17(13-15)20-6-4-5-11-26-20/h4-13H,1-3H3,(H,27,30)(H,28,29). The van der Waals surface area contributed by atoms with Crippen molar-refractivity contribution in [2.45, 2.75) is 26.3 Å². The number of nitrogens with one attached hydrogen (secondary N) is 2. The predicted octanol–water partition coefficient (Wildman–Crippen LogP) is 5.79. The van der Waals surface area contributed by atoms with Crippen LogP contribution in [0.2, 0.25) is 5.02 Å². The van der Waals surface area contributed by atoms with E-state index in [9.17, 15) is 9.59 Å². The van der Waals surface area contributed by atoms with Gasteiger partial charge in [0, 0.05) is 32.1 Å². The van der Waals surface area contributed by atoms with Crippen molar-refractivity contribution in [1.82, 2.24) is 10.3 Å². The van der Waals surface area contributed by atoms with E-state index < -0.39 is 0 Å². The van der Waals surface area contributed by atoms with Gasteiger partial charge in [-0.25, -0.2) is 0 Å². The molecule has 1 heterocycles. The number of carbonyl (C=O) groups is 2. The van der Waals surface area contributed by atoms with Crippen molar-refractivity contribution in [1.29, 1.82) is 0 Å². The number of anilines is 1. The largest absolute Gasteiger partial charge is 0.347 e. The molecule has 0 saturated heterocycles. The molecule has 0 aliphatic heterocycles. The summed E-state index contributed by atoms with van der Waals surface area (Å²) in [7, 11) is 0. The number of benzene rings is 2. The first-order valence-corrected chi connectivity index (χ1v) is 10.7. The van der Waals surface area contributed by atoms with E-state index in [4.69, 9.17) is 11.6 Å². The average Bonchev–Trinajstić information content (AvgIpc) is 2.68. The lowest BCUT2D eigenvalue weighted by Gasteiger charge is -2.20. The number of nitrogens with zero attached hydrogens (tertiary/aromatic N) is 1. The summed E-state index contributed by atoms with van der Waals surface area (Å²) < 4.78 is 1.02. The topological polar surface area (TPSA) is 71.1 Å². The summed E-state index contributed by atoms with van der Waals surface area (Å²) in [6.45, 7) is 5.69. The lowest BCUT2D eigenvalue weighted by atomic mass is 10.1. The van der Waals surface area contributed by atoms with Crippen LogP contribution in [0.5, 0.6) is 0 Å². The van der Waals surface area contributed by atoms with Gasteiger partial charge in [-0.2, -0.15) is 0 Å². The van der Waals surface area contributed by atoms with Crippen molar-refractivity contribution in [3.8, 4) is 11.3 Å². The van der Waals surface area contributed by atoms with Crippen LogP contribution < -0.4 is 10.6 Å². The minimum Gasteiger partial charge on any atom is -0.347 e. The highest BCUT2D eigenvalue weighted by Crippen LogP contribution is 2.27. The molecule has 0 spiro atoms. The van der Waals surface area contributed by atoms with Crippen molar-refractivity contribution in [2.75, 3.05) is 5.32 Å². The smallest absolute Gasteiger partial charge is 0.257 e. The van der Waals surface area contributed by atoms with E-state index in [0.717, 1.165) is 14.8 Å². The van der Waals surface area contributed by atoms with Gasteiger partial charge in [-0.05, 0) is 91.9 Å². The van der Waals surface area contributed by atoms with E-state index in [2.05, 4.69) is 38.2 Å². The van der Waals surface area contributed by atoms with Crippen LogP contribution in [0, 0.1) is 3.57 Å². The molecular formula is C23H21ClIN3O2. The Bertz CT molecular complexity index is 1100. The van der Waals surface area contributed by atoms with E-state index in [1.165, 1.54) is 6.07 Å². The number of amides is 2. The van der Waals surface area contributed by atoms with Crippen molar-refractivity contribution >= 4 is 51.7 Å². The van der Waals surface area contributed by atoms with Crippen LogP contribution in [0.1, 0.15) is 41.5 Å². The van der Waals surface area contributed by atoms with Gasteiger partial charge in [0.2, 0.25) is 0 Å². The third kappa shape index (κ3) is 5.58. The zero-order valence-corrected chi connectivity index (χ0v) is 19.7. The second-order valence-corrected chi connectivity index (χ2v) is 9.33. The van der Waals surface area contributed by atoms with Crippen LogP contribution in [0.25, 0.3) is 11.3 Å². The van der Waals surface area contributed by atoms with Gasteiger partial charge in [-0.1, -0.05) is 17.7 Å². The Kier molecular flexibility index (Phi) is 6.77. The third-order valence-corrected chi connectivity index (χ3v) is 5.38. The first-order chi connectivity index (χ1) is 14.1. The molecule has 0 aliphatic carbocycles. The normalized spacial score (nSPS) is 11.1. The monoisotopic (exact) mass is 533 g/mol. The van der Waals surface area contributed by atoms with Crippen molar-refractivity contribution in [3.05, 3.63) is 80.5 Å². The van der Waals surface area contributed by atoms with E-state index in [0.29, 0.717) is 16.8 Å². The second kappa shape index (κ2) is 9.14. The first-order valence-electron chi connectivity index (χ1n) is 9.28. The molecule has 0 atom stereocenters. The molecule has 7 heteroatoms. The fraction of sp³-hybridized carbons (Fsp3) is 0.174. The van der Waals surface area contributed by atoms with E-state index in [1.54, 1.807) is 18.3 Å². The van der Waals surface area contributed by atoms with Gasteiger partial charge < -0.3 is 10.6 Å². The van der Waals surface area contributed by atoms with Gasteiger partial charge in [0.15, 0.2) is 0 Å². The molecule has 0 saturated carbocycles. The number of carbonyl (C=O) groups excluding carboxylic acids is 2. The second-order valence-electron chi connectivity index (χ2n) is 7.76. The molecule has 1 aromatic heterocycles. The molecule has 2 N–H and O–H groups in total. The number of hydrogen-bond donors (Lipinski definition) is 2. The van der Waals surface area contributed by atoms with Gasteiger partial charge in [0.25, 0.3) is 11.8 Å². The van der Waals surface area contributed by atoms with Crippen LogP contribution in [0.15, 0.2) is 60.8 Å². The Labute approximate surface area is 194 Å². The Morgan fingerprint density at radius 3 is 2.40 bits per heavy atom. The number of aromatic nitrogens is 1. The van der Waals surface area contributed by atoms with Crippen LogP contribution in [0.4, 0.5) is 5.69 Å². The summed E-state index contributed by atoms with van der Waals surface area (Å²) in [4.78, 5) is 29.5. The van der Waals surface area contributed by atoms with Gasteiger partial charge in [-0.3, -0.25) is 14.6 Å². The van der Waals surface area contributed by atoms with E-state index in [-0.39, 0.29) is 22.4 Å². The minimum absolute atomic E-state index is 0.213. The van der Waals surface area contributed by atoms with Crippen LogP contribution in [0.3, 0.4) is 0 Å². The van der Waals surface area contributed by atoms with Gasteiger partial charge >= 0.3 is 0 Å². The number of halogens is 2. The zero-order valence-electron chi connectivity index (χ0n) is 16.8. The molecule has 2 amide bonds.